The third kappa shape index (κ3) is 4.83. The Kier molecular flexibility index (Phi) is 6.87. The van der Waals surface area contributed by atoms with Gasteiger partial charge in [-0.1, -0.05) is 49.6 Å². The summed E-state index contributed by atoms with van der Waals surface area (Å²) in [6.07, 6.45) is 6.57. The second-order valence-corrected chi connectivity index (χ2v) is 10.5. The van der Waals surface area contributed by atoms with Crippen molar-refractivity contribution in [1.82, 2.24) is 4.98 Å². The van der Waals surface area contributed by atoms with Gasteiger partial charge in [0.1, 0.15) is 10.6 Å². The maximum atomic E-state index is 12.1. The van der Waals surface area contributed by atoms with Crippen LogP contribution in [-0.2, 0) is 24.1 Å². The van der Waals surface area contributed by atoms with Crippen molar-refractivity contribution in [2.75, 3.05) is 6.61 Å². The van der Waals surface area contributed by atoms with Gasteiger partial charge in [-0.15, -0.1) is 11.3 Å². The normalized spacial score (nSPS) is 12.7. The highest BCUT2D eigenvalue weighted by molar-refractivity contribution is 7.19. The lowest BCUT2D eigenvalue weighted by Gasteiger charge is -2.17. The molecule has 5 rings (SSSR count). The average Bonchev–Trinajstić information content (AvgIpc) is 3.44. The maximum absolute atomic E-state index is 12.1. The molecule has 0 saturated heterocycles. The van der Waals surface area contributed by atoms with E-state index in [4.69, 9.17) is 9.72 Å². The molecule has 2 heterocycles. The number of ether oxygens (including phenoxy) is 1. The summed E-state index contributed by atoms with van der Waals surface area (Å²) in [7, 11) is 0. The van der Waals surface area contributed by atoms with Crippen molar-refractivity contribution in [3.05, 3.63) is 70.1 Å². The molecule has 2 aromatic carbocycles. The van der Waals surface area contributed by atoms with Crippen LogP contribution in [0.3, 0.4) is 0 Å². The fourth-order valence-electron chi connectivity index (χ4n) is 5.02. The predicted octanol–water partition coefficient (Wildman–Crippen LogP) is 7.62. The molecule has 0 saturated carbocycles. The van der Waals surface area contributed by atoms with Crippen molar-refractivity contribution >= 4 is 27.5 Å². The second-order valence-electron chi connectivity index (χ2n) is 9.37. The number of hydrogen-bond acceptors (Lipinski definition) is 4. The number of hydrogen-bond donors (Lipinski definition) is 1. The van der Waals surface area contributed by atoms with Crippen LogP contribution in [-0.4, -0.2) is 22.7 Å². The van der Waals surface area contributed by atoms with Gasteiger partial charge in [0, 0.05) is 15.8 Å². The van der Waals surface area contributed by atoms with Crippen LogP contribution in [0.25, 0.3) is 32.6 Å². The number of aromatic nitrogens is 1. The Balaban J connectivity index is 1.66. The first-order valence-corrected chi connectivity index (χ1v) is 13.4. The summed E-state index contributed by atoms with van der Waals surface area (Å²) in [5.74, 6) is -0.0110. The Hall–Kier alpha value is -3.18. The number of fused-ring (bicyclic) bond motifs is 3. The number of unbranched alkanes of at least 4 members (excludes halogenated alkanes) is 2. The number of rotatable bonds is 9. The Morgan fingerprint density at radius 3 is 2.49 bits per heavy atom. The van der Waals surface area contributed by atoms with Crippen LogP contribution < -0.4 is 4.74 Å². The zero-order chi connectivity index (χ0) is 24.4. The minimum absolute atomic E-state index is 0.0681. The third-order valence-electron chi connectivity index (χ3n) is 6.77. The SMILES string of the molecule is CCCCCOc1ccc(-c2nc3sc4c(c3c(-c3ccc(C)cc3)c2CC(=O)O)CCC4)cc1. The summed E-state index contributed by atoms with van der Waals surface area (Å²) in [5.41, 5.74) is 7.11. The van der Waals surface area contributed by atoms with Gasteiger partial charge >= 0.3 is 5.97 Å². The standard InChI is InChI=1S/C30H31NO3S/c1-3-4-5-17-34-22-15-13-21(14-16-22)29-24(18-26(32)33)27(20-11-9-19(2)10-12-20)28-23-7-6-8-25(23)35-30(28)31-29/h9-16H,3-8,17-18H2,1-2H3,(H,32,33). The lowest BCUT2D eigenvalue weighted by Crippen LogP contribution is -2.06. The van der Waals surface area contributed by atoms with Crippen LogP contribution in [0.4, 0.5) is 0 Å². The molecular formula is C30H31NO3S. The van der Waals surface area contributed by atoms with E-state index in [1.54, 1.807) is 11.3 Å². The molecule has 0 atom stereocenters. The van der Waals surface area contributed by atoms with E-state index >= 15 is 0 Å². The van der Waals surface area contributed by atoms with E-state index in [0.29, 0.717) is 6.61 Å². The minimum atomic E-state index is -0.844. The number of aryl methyl sites for hydroxylation is 3. The number of carboxylic acid groups (broad SMARTS) is 1. The predicted molar refractivity (Wildman–Crippen MR) is 144 cm³/mol. The van der Waals surface area contributed by atoms with Gasteiger partial charge < -0.3 is 9.84 Å². The molecule has 0 fully saturated rings. The van der Waals surface area contributed by atoms with Crippen LogP contribution in [0.15, 0.2) is 48.5 Å². The van der Waals surface area contributed by atoms with Gasteiger partial charge in [-0.3, -0.25) is 4.79 Å². The fraction of sp³-hybridized carbons (Fsp3) is 0.333. The van der Waals surface area contributed by atoms with Crippen molar-refractivity contribution in [2.24, 2.45) is 0 Å². The number of thiophene rings is 1. The third-order valence-corrected chi connectivity index (χ3v) is 7.95. The van der Waals surface area contributed by atoms with Gasteiger partial charge in [-0.25, -0.2) is 4.98 Å². The Morgan fingerprint density at radius 1 is 1.03 bits per heavy atom. The van der Waals surface area contributed by atoms with Crippen molar-refractivity contribution in [3.63, 3.8) is 0 Å². The molecule has 180 valence electrons. The molecule has 4 aromatic rings. The highest BCUT2D eigenvalue weighted by Gasteiger charge is 2.26. The van der Waals surface area contributed by atoms with E-state index in [1.807, 2.05) is 24.3 Å². The quantitative estimate of drug-likeness (QED) is 0.248. The number of nitrogens with zero attached hydrogens (tertiary/aromatic N) is 1. The Labute approximate surface area is 210 Å². The van der Waals surface area contributed by atoms with Gasteiger partial charge in [0.05, 0.1) is 18.7 Å². The van der Waals surface area contributed by atoms with Crippen LogP contribution >= 0.6 is 11.3 Å². The summed E-state index contributed by atoms with van der Waals surface area (Å²) < 4.78 is 5.90. The van der Waals surface area contributed by atoms with Crippen LogP contribution in [0, 0.1) is 6.92 Å². The van der Waals surface area contributed by atoms with Crippen LogP contribution in [0.2, 0.25) is 0 Å². The first kappa shape index (κ1) is 23.6. The lowest BCUT2D eigenvalue weighted by atomic mass is 9.90. The van der Waals surface area contributed by atoms with Crippen molar-refractivity contribution < 1.29 is 14.6 Å². The van der Waals surface area contributed by atoms with E-state index in [-0.39, 0.29) is 6.42 Å². The molecule has 4 nitrogen and oxygen atoms in total. The summed E-state index contributed by atoms with van der Waals surface area (Å²) in [6.45, 7) is 4.96. The molecule has 0 aliphatic heterocycles. The zero-order valence-electron chi connectivity index (χ0n) is 20.4. The first-order valence-electron chi connectivity index (χ1n) is 12.5. The summed E-state index contributed by atoms with van der Waals surface area (Å²) in [5, 5.41) is 11.1. The average molecular weight is 486 g/mol. The van der Waals surface area contributed by atoms with E-state index in [0.717, 1.165) is 82.4 Å². The number of carboxylic acids is 1. The van der Waals surface area contributed by atoms with E-state index in [9.17, 15) is 9.90 Å². The van der Waals surface area contributed by atoms with Crippen molar-refractivity contribution in [2.45, 2.75) is 58.8 Å². The largest absolute Gasteiger partial charge is 0.494 e. The molecule has 0 spiro atoms. The molecule has 5 heteroatoms. The second kappa shape index (κ2) is 10.2. The van der Waals surface area contributed by atoms with E-state index in [2.05, 4.69) is 38.1 Å². The van der Waals surface area contributed by atoms with Crippen LogP contribution in [0.5, 0.6) is 5.75 Å². The van der Waals surface area contributed by atoms with E-state index < -0.39 is 5.97 Å². The number of pyridine rings is 1. The van der Waals surface area contributed by atoms with Crippen LogP contribution in [0.1, 0.15) is 54.2 Å². The Morgan fingerprint density at radius 2 is 1.77 bits per heavy atom. The van der Waals surface area contributed by atoms with Gasteiger partial charge in [-0.05, 0) is 79.1 Å². The zero-order valence-corrected chi connectivity index (χ0v) is 21.2. The molecule has 1 N–H and O–H groups in total. The molecule has 2 aromatic heterocycles. The number of benzene rings is 2. The maximum Gasteiger partial charge on any atom is 0.307 e. The molecule has 0 unspecified atom stereocenters. The summed E-state index contributed by atoms with van der Waals surface area (Å²) >= 11 is 1.77. The summed E-state index contributed by atoms with van der Waals surface area (Å²) in [6, 6.07) is 16.4. The highest BCUT2D eigenvalue weighted by atomic mass is 32.1. The van der Waals surface area contributed by atoms with E-state index in [1.165, 1.54) is 16.0 Å². The highest BCUT2D eigenvalue weighted by Crippen LogP contribution is 2.45. The number of carbonyl (C=O) groups is 1. The van der Waals surface area contributed by atoms with Crippen molar-refractivity contribution in [3.8, 4) is 28.1 Å². The smallest absolute Gasteiger partial charge is 0.307 e. The molecule has 0 radical (unpaired) electrons. The lowest BCUT2D eigenvalue weighted by molar-refractivity contribution is -0.136. The molecule has 1 aliphatic carbocycles. The van der Waals surface area contributed by atoms with Gasteiger partial charge in [0.2, 0.25) is 0 Å². The van der Waals surface area contributed by atoms with Crippen molar-refractivity contribution in [1.29, 1.82) is 0 Å². The monoisotopic (exact) mass is 485 g/mol. The minimum Gasteiger partial charge on any atom is -0.494 e. The molecule has 0 amide bonds. The molecular weight excluding hydrogens is 454 g/mol. The molecule has 35 heavy (non-hydrogen) atoms. The Bertz CT molecular complexity index is 1350. The van der Waals surface area contributed by atoms with Gasteiger partial charge in [-0.2, -0.15) is 0 Å². The molecule has 1 aliphatic rings. The van der Waals surface area contributed by atoms with Gasteiger partial charge in [0.25, 0.3) is 0 Å². The first-order chi connectivity index (χ1) is 17.0. The fourth-order valence-corrected chi connectivity index (χ4v) is 6.29. The molecule has 0 bridgehead atoms. The van der Waals surface area contributed by atoms with Gasteiger partial charge in [0.15, 0.2) is 0 Å². The topological polar surface area (TPSA) is 59.4 Å². The summed E-state index contributed by atoms with van der Waals surface area (Å²) in [4.78, 5) is 19.6. The number of aliphatic carboxylic acids is 1.